The van der Waals surface area contributed by atoms with E-state index in [1.807, 2.05) is 13.0 Å². The van der Waals surface area contributed by atoms with Gasteiger partial charge in [-0.3, -0.25) is 0 Å². The summed E-state index contributed by atoms with van der Waals surface area (Å²) >= 11 is 5.52. The molecule has 1 rings (SSSR count). The summed E-state index contributed by atoms with van der Waals surface area (Å²) in [4.78, 5) is 0. The van der Waals surface area contributed by atoms with Crippen molar-refractivity contribution in [1.82, 2.24) is 0 Å². The summed E-state index contributed by atoms with van der Waals surface area (Å²) in [5.41, 5.74) is 1.06. The average Bonchev–Trinajstić information content (AvgIpc) is 1.77. The average molecular weight is 125 g/mol. The van der Waals surface area contributed by atoms with Crippen molar-refractivity contribution in [3.8, 4) is 0 Å². The van der Waals surface area contributed by atoms with Crippen LogP contribution in [0.4, 0.5) is 0 Å². The maximum absolute atomic E-state index is 5.52. The molecule has 0 saturated carbocycles. The van der Waals surface area contributed by atoms with Crippen LogP contribution in [-0.2, 0) is 0 Å². The summed E-state index contributed by atoms with van der Waals surface area (Å²) in [6, 6.07) is 9.28. The summed E-state index contributed by atoms with van der Waals surface area (Å²) in [5, 5.41) is 0.621. The summed E-state index contributed by atoms with van der Waals surface area (Å²) in [7, 11) is 0. The lowest BCUT2D eigenvalue weighted by Gasteiger charge is -1.86. The van der Waals surface area contributed by atoms with Gasteiger partial charge in [-0.25, -0.2) is 0 Å². The fraction of sp³-hybridized carbons (Fsp3) is 0.143. The Kier molecular flexibility index (Phi) is 1.54. The van der Waals surface area contributed by atoms with Crippen molar-refractivity contribution in [2.45, 2.75) is 6.92 Å². The van der Waals surface area contributed by atoms with Crippen LogP contribution in [0.1, 0.15) is 5.56 Å². The van der Waals surface area contributed by atoms with Gasteiger partial charge in [0.1, 0.15) is 0 Å². The highest BCUT2D eigenvalue weighted by Crippen LogP contribution is 2.05. The van der Waals surface area contributed by atoms with Crippen LogP contribution < -0.4 is 0 Å². The van der Waals surface area contributed by atoms with Crippen molar-refractivity contribution < 1.29 is 0 Å². The molecule has 0 fully saturated rings. The molecule has 40 valence electrons. The molecular formula is C7H5Cl. The van der Waals surface area contributed by atoms with E-state index in [4.69, 9.17) is 11.6 Å². The van der Waals surface area contributed by atoms with E-state index in [0.29, 0.717) is 5.02 Å². The Labute approximate surface area is 54.1 Å². The maximum Gasteiger partial charge on any atom is 0.0491 e. The fourth-order valence-electron chi connectivity index (χ4n) is 0.438. The zero-order valence-electron chi connectivity index (χ0n) is 4.53. The monoisotopic (exact) mass is 124 g/mol. The van der Waals surface area contributed by atoms with Gasteiger partial charge in [0.05, 0.1) is 0 Å². The summed E-state index contributed by atoms with van der Waals surface area (Å²) in [6.07, 6.45) is 0. The van der Waals surface area contributed by atoms with Crippen molar-refractivity contribution in [1.29, 1.82) is 0 Å². The van der Waals surface area contributed by atoms with Gasteiger partial charge < -0.3 is 0 Å². The van der Waals surface area contributed by atoms with Gasteiger partial charge in [0.25, 0.3) is 0 Å². The summed E-state index contributed by atoms with van der Waals surface area (Å²) in [6.45, 7) is 1.95. The smallest absolute Gasteiger partial charge is 0.0491 e. The van der Waals surface area contributed by atoms with E-state index < -0.39 is 0 Å². The lowest BCUT2D eigenvalue weighted by molar-refractivity contribution is 1.46. The van der Waals surface area contributed by atoms with Gasteiger partial charge in [0, 0.05) is 11.1 Å². The number of rotatable bonds is 0. The first kappa shape index (κ1) is 5.64. The van der Waals surface area contributed by atoms with Crippen LogP contribution in [0, 0.1) is 19.1 Å². The molecule has 0 nitrogen and oxygen atoms in total. The molecule has 0 aromatic heterocycles. The van der Waals surface area contributed by atoms with E-state index in [2.05, 4.69) is 12.1 Å². The van der Waals surface area contributed by atoms with E-state index in [-0.39, 0.29) is 0 Å². The molecule has 8 heavy (non-hydrogen) atoms. The molecule has 0 heterocycles. The summed E-state index contributed by atoms with van der Waals surface area (Å²) in [5.74, 6) is 0. The quantitative estimate of drug-likeness (QED) is 0.498. The largest absolute Gasteiger partial charge is 0.0836 e. The molecule has 0 aliphatic rings. The van der Waals surface area contributed by atoms with Crippen LogP contribution in [0.15, 0.2) is 12.1 Å². The van der Waals surface area contributed by atoms with Crippen LogP contribution in [0.5, 0.6) is 0 Å². The van der Waals surface area contributed by atoms with Crippen LogP contribution in [0.2, 0.25) is 5.02 Å². The lowest BCUT2D eigenvalue weighted by atomic mass is 10.2. The molecule has 1 aromatic rings. The topological polar surface area (TPSA) is 0 Å². The Morgan fingerprint density at radius 2 is 2.12 bits per heavy atom. The van der Waals surface area contributed by atoms with Crippen molar-refractivity contribution in [3.63, 3.8) is 0 Å². The molecule has 0 aliphatic heterocycles. The third-order valence-corrected chi connectivity index (χ3v) is 1.07. The van der Waals surface area contributed by atoms with Crippen LogP contribution in [-0.4, -0.2) is 0 Å². The standard InChI is InChI=1S/C7H5Cl/c1-6-2-4-7(8)5-3-6/h2,5H,1H3. The lowest BCUT2D eigenvalue weighted by Crippen LogP contribution is -1.68. The Morgan fingerprint density at radius 3 is 2.50 bits per heavy atom. The van der Waals surface area contributed by atoms with Crippen LogP contribution in [0.25, 0.3) is 0 Å². The van der Waals surface area contributed by atoms with Crippen molar-refractivity contribution in [2.75, 3.05) is 0 Å². The van der Waals surface area contributed by atoms with Gasteiger partial charge in [-0.05, 0) is 30.7 Å². The summed E-state index contributed by atoms with van der Waals surface area (Å²) < 4.78 is 0. The van der Waals surface area contributed by atoms with E-state index >= 15 is 0 Å². The van der Waals surface area contributed by atoms with Gasteiger partial charge in [-0.1, -0.05) is 11.6 Å². The van der Waals surface area contributed by atoms with E-state index in [9.17, 15) is 0 Å². The molecule has 0 saturated heterocycles. The van der Waals surface area contributed by atoms with Gasteiger partial charge >= 0.3 is 0 Å². The van der Waals surface area contributed by atoms with E-state index in [0.717, 1.165) is 5.56 Å². The van der Waals surface area contributed by atoms with Crippen molar-refractivity contribution in [2.24, 2.45) is 0 Å². The minimum absolute atomic E-state index is 0.621. The minimum Gasteiger partial charge on any atom is -0.0836 e. The Morgan fingerprint density at radius 1 is 1.38 bits per heavy atom. The number of hydrogen-bond acceptors (Lipinski definition) is 0. The Hall–Kier alpha value is -0.490. The first-order chi connectivity index (χ1) is 3.79. The second-order valence-electron chi connectivity index (χ2n) is 1.61. The Balaban J connectivity index is 3.03. The van der Waals surface area contributed by atoms with Gasteiger partial charge in [-0.15, -0.1) is 0 Å². The van der Waals surface area contributed by atoms with Gasteiger partial charge in [-0.2, -0.15) is 0 Å². The molecule has 0 bridgehead atoms. The maximum atomic E-state index is 5.52. The number of benzene rings is 1. The molecule has 0 aliphatic carbocycles. The zero-order valence-corrected chi connectivity index (χ0v) is 5.29. The van der Waals surface area contributed by atoms with Crippen molar-refractivity contribution in [3.05, 3.63) is 34.9 Å². The predicted molar refractivity (Wildman–Crippen MR) is 33.9 cm³/mol. The minimum atomic E-state index is 0.621. The van der Waals surface area contributed by atoms with Crippen LogP contribution in [0.3, 0.4) is 0 Å². The molecule has 0 N–H and O–H groups in total. The zero-order chi connectivity index (χ0) is 5.98. The SMILES string of the molecule is Cc1[c]cc(Cl)[c]c1. The van der Waals surface area contributed by atoms with Crippen LogP contribution >= 0.6 is 11.6 Å². The molecule has 0 atom stereocenters. The number of halogens is 1. The second kappa shape index (κ2) is 2.19. The predicted octanol–water partition coefficient (Wildman–Crippen LogP) is 2.25. The highest BCUT2D eigenvalue weighted by atomic mass is 35.5. The highest BCUT2D eigenvalue weighted by molar-refractivity contribution is 6.30. The first-order valence-electron chi connectivity index (χ1n) is 2.34. The number of aryl methyl sites for hydroxylation is 1. The van der Waals surface area contributed by atoms with Gasteiger partial charge in [0.15, 0.2) is 0 Å². The van der Waals surface area contributed by atoms with Gasteiger partial charge in [0.2, 0.25) is 0 Å². The fourth-order valence-corrected chi connectivity index (χ4v) is 0.547. The molecule has 0 spiro atoms. The Bertz CT molecular complexity index is 143. The van der Waals surface area contributed by atoms with E-state index in [1.165, 1.54) is 0 Å². The number of hydrogen-bond donors (Lipinski definition) is 0. The normalized spacial score (nSPS) is 9.25. The third kappa shape index (κ3) is 1.24. The molecule has 1 heteroatoms. The molecule has 1 aromatic carbocycles. The van der Waals surface area contributed by atoms with Crippen molar-refractivity contribution >= 4 is 11.6 Å². The molecule has 0 amide bonds. The molecular weight excluding hydrogens is 120 g/mol. The second-order valence-corrected chi connectivity index (χ2v) is 2.02. The third-order valence-electron chi connectivity index (χ3n) is 0.853. The molecule has 0 unspecified atom stereocenters. The van der Waals surface area contributed by atoms with E-state index in [1.54, 1.807) is 6.07 Å². The first-order valence-corrected chi connectivity index (χ1v) is 2.72. The molecule has 2 radical (unpaired) electrons. The highest BCUT2D eigenvalue weighted by Gasteiger charge is 1.83.